The van der Waals surface area contributed by atoms with Gasteiger partial charge < -0.3 is 9.47 Å². The molecule has 0 heterocycles. The topological polar surface area (TPSA) is 35.5 Å². The molecular weight excluding hydrogens is 228 g/mol. The van der Waals surface area contributed by atoms with Gasteiger partial charge in [0.05, 0.1) is 14.2 Å². The highest BCUT2D eigenvalue weighted by Gasteiger charge is 2.21. The van der Waals surface area contributed by atoms with Crippen LogP contribution in [-0.2, 0) is 11.2 Å². The van der Waals surface area contributed by atoms with E-state index < -0.39 is 0 Å². The lowest BCUT2D eigenvalue weighted by Crippen LogP contribution is -2.20. The van der Waals surface area contributed by atoms with Gasteiger partial charge in [-0.25, -0.2) is 0 Å². The van der Waals surface area contributed by atoms with Crippen molar-refractivity contribution in [2.24, 2.45) is 5.41 Å². The van der Waals surface area contributed by atoms with Crippen molar-refractivity contribution >= 4 is 5.78 Å². The number of hydrogen-bond acceptors (Lipinski definition) is 3. The average molecular weight is 250 g/mol. The second kappa shape index (κ2) is 5.89. The predicted octanol–water partition coefficient (Wildman–Crippen LogP) is 3.25. The maximum atomic E-state index is 11.9. The Hall–Kier alpha value is -1.51. The molecule has 3 nitrogen and oxygen atoms in total. The summed E-state index contributed by atoms with van der Waals surface area (Å²) in [6, 6.07) is 5.68. The molecule has 0 unspecified atom stereocenters. The van der Waals surface area contributed by atoms with E-state index in [9.17, 15) is 4.79 Å². The van der Waals surface area contributed by atoms with Crippen molar-refractivity contribution in [2.45, 2.75) is 33.6 Å². The Morgan fingerprint density at radius 1 is 1.17 bits per heavy atom. The van der Waals surface area contributed by atoms with E-state index in [2.05, 4.69) is 0 Å². The monoisotopic (exact) mass is 250 g/mol. The molecule has 1 aromatic rings. The van der Waals surface area contributed by atoms with E-state index >= 15 is 0 Å². The second-order valence-corrected chi connectivity index (χ2v) is 5.35. The van der Waals surface area contributed by atoms with Crippen LogP contribution in [0.2, 0.25) is 0 Å². The molecule has 0 bridgehead atoms. The van der Waals surface area contributed by atoms with Gasteiger partial charge in [0.25, 0.3) is 0 Å². The van der Waals surface area contributed by atoms with Gasteiger partial charge in [0.15, 0.2) is 0 Å². The zero-order chi connectivity index (χ0) is 13.8. The number of carbonyl (C=O) groups is 1. The first-order chi connectivity index (χ1) is 8.38. The van der Waals surface area contributed by atoms with E-state index in [1.807, 2.05) is 39.0 Å². The summed E-state index contributed by atoms with van der Waals surface area (Å²) < 4.78 is 10.5. The predicted molar refractivity (Wildman–Crippen MR) is 72.3 cm³/mol. The molecule has 0 spiro atoms. The summed E-state index contributed by atoms with van der Waals surface area (Å²) in [6.07, 6.45) is 1.23. The first kappa shape index (κ1) is 14.6. The molecule has 0 fully saturated rings. The molecule has 0 amide bonds. The highest BCUT2D eigenvalue weighted by atomic mass is 16.5. The normalized spacial score (nSPS) is 11.2. The van der Waals surface area contributed by atoms with Crippen LogP contribution in [0.1, 0.15) is 32.8 Å². The third kappa shape index (κ3) is 3.76. The van der Waals surface area contributed by atoms with Crippen LogP contribution >= 0.6 is 0 Å². The van der Waals surface area contributed by atoms with Gasteiger partial charge in [-0.3, -0.25) is 4.79 Å². The summed E-state index contributed by atoms with van der Waals surface area (Å²) in [7, 11) is 3.25. The molecule has 0 N–H and O–H groups in total. The molecule has 0 aromatic heterocycles. The van der Waals surface area contributed by atoms with Crippen molar-refractivity contribution in [1.29, 1.82) is 0 Å². The van der Waals surface area contributed by atoms with Gasteiger partial charge in [0, 0.05) is 17.9 Å². The van der Waals surface area contributed by atoms with Gasteiger partial charge in [-0.15, -0.1) is 0 Å². The third-order valence-electron chi connectivity index (χ3n) is 2.95. The molecular formula is C15H22O3. The van der Waals surface area contributed by atoms with Crippen LogP contribution in [0.25, 0.3) is 0 Å². The van der Waals surface area contributed by atoms with E-state index in [-0.39, 0.29) is 11.2 Å². The Labute approximate surface area is 109 Å². The van der Waals surface area contributed by atoms with Crippen LogP contribution < -0.4 is 9.47 Å². The molecule has 100 valence electrons. The highest BCUT2D eigenvalue weighted by Crippen LogP contribution is 2.27. The van der Waals surface area contributed by atoms with Crippen LogP contribution in [0.15, 0.2) is 18.2 Å². The fraction of sp³-hybridized carbons (Fsp3) is 0.533. The van der Waals surface area contributed by atoms with Crippen LogP contribution in [0.4, 0.5) is 0 Å². The van der Waals surface area contributed by atoms with E-state index in [1.54, 1.807) is 14.2 Å². The Kier molecular flexibility index (Phi) is 4.76. The molecule has 3 heteroatoms. The van der Waals surface area contributed by atoms with Gasteiger partial charge >= 0.3 is 0 Å². The fourth-order valence-electron chi connectivity index (χ4n) is 1.68. The van der Waals surface area contributed by atoms with Crippen LogP contribution in [0.3, 0.4) is 0 Å². The van der Waals surface area contributed by atoms with Crippen LogP contribution in [0, 0.1) is 5.41 Å². The molecule has 0 aliphatic rings. The number of aryl methyl sites for hydroxylation is 1. The van der Waals surface area contributed by atoms with Crippen molar-refractivity contribution in [2.75, 3.05) is 14.2 Å². The first-order valence-electron chi connectivity index (χ1n) is 6.12. The molecule has 0 saturated carbocycles. The Morgan fingerprint density at radius 3 is 2.33 bits per heavy atom. The van der Waals surface area contributed by atoms with Crippen molar-refractivity contribution in [3.8, 4) is 11.5 Å². The largest absolute Gasteiger partial charge is 0.497 e. The number of Topliss-reactive ketones (excluding diaryl/α,β-unsaturated/α-hetero) is 1. The lowest BCUT2D eigenvalue weighted by molar-refractivity contribution is -0.126. The SMILES string of the molecule is COc1ccc(CCC(=O)C(C)(C)C)c(OC)c1. The van der Waals surface area contributed by atoms with E-state index in [1.165, 1.54) is 0 Å². The lowest BCUT2D eigenvalue weighted by atomic mass is 9.87. The summed E-state index contributed by atoms with van der Waals surface area (Å²) in [5.74, 6) is 1.80. The number of hydrogen-bond donors (Lipinski definition) is 0. The van der Waals surface area contributed by atoms with Gasteiger partial charge in [0.2, 0.25) is 0 Å². The summed E-state index contributed by atoms with van der Waals surface area (Å²) in [5.41, 5.74) is 0.760. The Bertz CT molecular complexity index is 416. The van der Waals surface area contributed by atoms with Crippen molar-refractivity contribution < 1.29 is 14.3 Å². The van der Waals surface area contributed by atoms with Gasteiger partial charge in [-0.1, -0.05) is 26.8 Å². The molecule has 0 radical (unpaired) electrons. The van der Waals surface area contributed by atoms with Crippen molar-refractivity contribution in [3.05, 3.63) is 23.8 Å². The lowest BCUT2D eigenvalue weighted by Gasteiger charge is -2.17. The number of carbonyl (C=O) groups excluding carboxylic acids is 1. The van der Waals surface area contributed by atoms with Gasteiger partial charge in [-0.2, -0.15) is 0 Å². The molecule has 0 saturated heterocycles. The van der Waals surface area contributed by atoms with E-state index in [0.29, 0.717) is 12.8 Å². The standard InChI is InChI=1S/C15H22O3/c1-15(2,3)14(16)9-7-11-6-8-12(17-4)10-13(11)18-5/h6,8,10H,7,9H2,1-5H3. The quantitative estimate of drug-likeness (QED) is 0.804. The van der Waals surface area contributed by atoms with Gasteiger partial charge in [0.1, 0.15) is 17.3 Å². The number of benzene rings is 1. The summed E-state index contributed by atoms with van der Waals surface area (Å²) in [4.78, 5) is 11.9. The van der Waals surface area contributed by atoms with Crippen LogP contribution in [-0.4, -0.2) is 20.0 Å². The first-order valence-corrected chi connectivity index (χ1v) is 6.12. The second-order valence-electron chi connectivity index (χ2n) is 5.35. The number of methoxy groups -OCH3 is 2. The van der Waals surface area contributed by atoms with Crippen molar-refractivity contribution in [3.63, 3.8) is 0 Å². The maximum Gasteiger partial charge on any atom is 0.138 e. The number of ketones is 1. The summed E-state index contributed by atoms with van der Waals surface area (Å²) >= 11 is 0. The summed E-state index contributed by atoms with van der Waals surface area (Å²) in [5, 5.41) is 0. The van der Waals surface area contributed by atoms with Crippen LogP contribution in [0.5, 0.6) is 11.5 Å². The molecule has 0 aliphatic carbocycles. The minimum absolute atomic E-state index is 0.264. The maximum absolute atomic E-state index is 11.9. The van der Waals surface area contributed by atoms with Gasteiger partial charge in [-0.05, 0) is 18.1 Å². The molecule has 1 aromatic carbocycles. The molecule has 0 aliphatic heterocycles. The number of rotatable bonds is 5. The minimum Gasteiger partial charge on any atom is -0.497 e. The minimum atomic E-state index is -0.278. The van der Waals surface area contributed by atoms with Crippen molar-refractivity contribution in [1.82, 2.24) is 0 Å². The smallest absolute Gasteiger partial charge is 0.138 e. The zero-order valence-corrected chi connectivity index (χ0v) is 11.9. The molecule has 0 atom stereocenters. The number of ether oxygens (including phenoxy) is 2. The third-order valence-corrected chi connectivity index (χ3v) is 2.95. The molecule has 1 rings (SSSR count). The summed E-state index contributed by atoms with van der Waals surface area (Å²) in [6.45, 7) is 5.84. The van der Waals surface area contributed by atoms with E-state index in [4.69, 9.17) is 9.47 Å². The molecule has 18 heavy (non-hydrogen) atoms. The zero-order valence-electron chi connectivity index (χ0n) is 11.9. The fourth-order valence-corrected chi connectivity index (χ4v) is 1.68. The highest BCUT2D eigenvalue weighted by molar-refractivity contribution is 5.83. The Morgan fingerprint density at radius 2 is 1.83 bits per heavy atom. The average Bonchev–Trinajstić information content (AvgIpc) is 2.34. The van der Waals surface area contributed by atoms with E-state index in [0.717, 1.165) is 17.1 Å². The Balaban J connectivity index is 2.76.